The van der Waals surface area contributed by atoms with Crippen molar-refractivity contribution in [3.8, 4) is 5.75 Å². The monoisotopic (exact) mass is 497 g/mol. The maximum Gasteiger partial charge on any atom is 0.511 e. The van der Waals surface area contributed by atoms with Crippen LogP contribution < -0.4 is 4.74 Å². The largest absolute Gasteiger partial charge is 0.511 e. The van der Waals surface area contributed by atoms with Crippen molar-refractivity contribution >= 4 is 29.8 Å². The number of fused-ring (bicyclic) bond motifs is 1. The van der Waals surface area contributed by atoms with E-state index in [0.717, 1.165) is 13.0 Å². The fourth-order valence-electron chi connectivity index (χ4n) is 2.81. The quantitative estimate of drug-likeness (QED) is 0.170. The lowest BCUT2D eigenvalue weighted by Gasteiger charge is -2.29. The van der Waals surface area contributed by atoms with Crippen LogP contribution in [0.15, 0.2) is 11.6 Å². The van der Waals surface area contributed by atoms with E-state index in [2.05, 4.69) is 14.3 Å². The van der Waals surface area contributed by atoms with Gasteiger partial charge in [0, 0.05) is 23.9 Å². The number of ether oxygens (including phenoxy) is 4. The van der Waals surface area contributed by atoms with Gasteiger partial charge in [-0.1, -0.05) is 11.6 Å². The van der Waals surface area contributed by atoms with Gasteiger partial charge in [0.15, 0.2) is 0 Å². The minimum absolute atomic E-state index is 0.0253. The number of hydrogen-bond donors (Lipinski definition) is 0. The Kier molecular flexibility index (Phi) is 8.36. The Morgan fingerprint density at radius 3 is 2.55 bits per heavy atom. The van der Waals surface area contributed by atoms with Crippen molar-refractivity contribution in [2.45, 2.75) is 45.8 Å². The number of halogens is 4. The Balaban J connectivity index is 2.08. The zero-order valence-electron chi connectivity index (χ0n) is 17.6. The van der Waals surface area contributed by atoms with Crippen molar-refractivity contribution in [2.24, 2.45) is 0 Å². The Labute approximate surface area is 190 Å². The van der Waals surface area contributed by atoms with Crippen LogP contribution in [-0.2, 0) is 23.8 Å². The fraction of sp³-hybridized carbons (Fsp3) is 0.474. The van der Waals surface area contributed by atoms with Crippen LogP contribution in [0.1, 0.15) is 30.0 Å². The molecule has 2 rings (SSSR count). The molecule has 1 aromatic rings. The number of nitrogens with zero attached hydrogens (tertiary/aromatic N) is 1. The number of rotatable bonds is 8. The summed E-state index contributed by atoms with van der Waals surface area (Å²) in [6.07, 6.45) is -9.53. The molecule has 182 valence electrons. The van der Waals surface area contributed by atoms with Gasteiger partial charge in [-0.2, -0.15) is 13.2 Å². The van der Waals surface area contributed by atoms with Crippen molar-refractivity contribution in [3.05, 3.63) is 43.5 Å². The van der Waals surface area contributed by atoms with E-state index in [4.69, 9.17) is 21.1 Å². The first-order valence-electron chi connectivity index (χ1n) is 9.37. The zero-order valence-corrected chi connectivity index (χ0v) is 18.3. The summed E-state index contributed by atoms with van der Waals surface area (Å²) in [5.74, 6) is -1.53. The topological polar surface area (TPSA) is 123 Å². The van der Waals surface area contributed by atoms with Crippen LogP contribution in [-0.4, -0.2) is 49.0 Å². The minimum Gasteiger partial charge on any atom is -0.475 e. The summed E-state index contributed by atoms with van der Waals surface area (Å²) in [6.45, 7) is 3.61. The fourth-order valence-corrected chi connectivity index (χ4v) is 2.97. The third kappa shape index (κ3) is 6.88. The lowest BCUT2D eigenvalue weighted by Crippen LogP contribution is -2.41. The molecule has 1 aliphatic rings. The summed E-state index contributed by atoms with van der Waals surface area (Å²) in [6, 6.07) is 1.33. The molecule has 0 aromatic heterocycles. The van der Waals surface area contributed by atoms with Gasteiger partial charge in [0.25, 0.3) is 5.09 Å². The number of benzene rings is 1. The number of carbonyl (C=O) groups excluding carboxylic acids is 2. The normalized spacial score (nSPS) is 16.0. The molecule has 0 radical (unpaired) electrons. The van der Waals surface area contributed by atoms with Crippen molar-refractivity contribution in [2.75, 3.05) is 13.2 Å². The molecule has 1 aliphatic heterocycles. The SMILES string of the molecule is Cc1cc2c(c(C)c1Cl)C=C(C(=O)OC(C)OC(=O)OCCCO[N+](=O)[O-])C(C(F)(F)F)O2. The summed E-state index contributed by atoms with van der Waals surface area (Å²) in [5.41, 5.74) is 0.229. The van der Waals surface area contributed by atoms with Crippen LogP contribution in [0.4, 0.5) is 18.0 Å². The summed E-state index contributed by atoms with van der Waals surface area (Å²) in [5, 5.41) is 9.27. The Bertz CT molecular complexity index is 965. The lowest BCUT2D eigenvalue weighted by molar-refractivity contribution is -0.757. The van der Waals surface area contributed by atoms with E-state index in [0.29, 0.717) is 16.1 Å². The Hall–Kier alpha value is -3.22. The summed E-state index contributed by atoms with van der Waals surface area (Å²) < 4.78 is 59.8. The number of alkyl halides is 3. The van der Waals surface area contributed by atoms with Crippen molar-refractivity contribution in [3.63, 3.8) is 0 Å². The average molecular weight is 498 g/mol. The molecule has 0 amide bonds. The van der Waals surface area contributed by atoms with Gasteiger partial charge in [-0.15, -0.1) is 10.1 Å². The second-order valence-corrected chi connectivity index (χ2v) is 7.16. The first kappa shape index (κ1) is 26.0. The molecule has 0 N–H and O–H groups in total. The predicted octanol–water partition coefficient (Wildman–Crippen LogP) is 4.30. The van der Waals surface area contributed by atoms with Crippen LogP contribution >= 0.6 is 11.6 Å². The zero-order chi connectivity index (χ0) is 24.9. The highest BCUT2D eigenvalue weighted by atomic mass is 35.5. The molecule has 0 saturated heterocycles. The highest BCUT2D eigenvalue weighted by molar-refractivity contribution is 6.32. The molecular formula is C19H19ClF3NO9. The van der Waals surface area contributed by atoms with Crippen molar-refractivity contribution in [1.29, 1.82) is 0 Å². The third-order valence-corrected chi connectivity index (χ3v) is 4.87. The van der Waals surface area contributed by atoms with E-state index in [1.165, 1.54) is 6.07 Å². The van der Waals surface area contributed by atoms with Crippen molar-refractivity contribution < 1.29 is 51.6 Å². The van der Waals surface area contributed by atoms with E-state index in [-0.39, 0.29) is 30.9 Å². The molecule has 0 aliphatic carbocycles. The predicted molar refractivity (Wildman–Crippen MR) is 105 cm³/mol. The third-order valence-electron chi connectivity index (χ3n) is 4.29. The summed E-state index contributed by atoms with van der Waals surface area (Å²) in [4.78, 5) is 38.0. The van der Waals surface area contributed by atoms with Crippen LogP contribution in [0.3, 0.4) is 0 Å². The van der Waals surface area contributed by atoms with Crippen LogP contribution in [0.25, 0.3) is 6.08 Å². The van der Waals surface area contributed by atoms with E-state index in [1.54, 1.807) is 13.8 Å². The van der Waals surface area contributed by atoms with Gasteiger partial charge in [-0.25, -0.2) is 9.59 Å². The van der Waals surface area contributed by atoms with Gasteiger partial charge < -0.3 is 23.8 Å². The Morgan fingerprint density at radius 1 is 1.27 bits per heavy atom. The first-order chi connectivity index (χ1) is 15.3. The van der Waals surface area contributed by atoms with Gasteiger partial charge in [-0.3, -0.25) is 0 Å². The number of hydrogen-bond acceptors (Lipinski definition) is 9. The first-order valence-corrected chi connectivity index (χ1v) is 9.75. The van der Waals surface area contributed by atoms with Gasteiger partial charge in [0.1, 0.15) is 5.75 Å². The van der Waals surface area contributed by atoms with Crippen LogP contribution in [0.2, 0.25) is 5.02 Å². The van der Waals surface area contributed by atoms with Crippen LogP contribution in [0, 0.1) is 24.0 Å². The lowest BCUT2D eigenvalue weighted by atomic mass is 9.96. The molecule has 1 heterocycles. The number of carbonyl (C=O) groups is 2. The molecule has 10 nitrogen and oxygen atoms in total. The van der Waals surface area contributed by atoms with Gasteiger partial charge in [-0.05, 0) is 37.1 Å². The van der Waals surface area contributed by atoms with Crippen LogP contribution in [0.5, 0.6) is 5.75 Å². The summed E-state index contributed by atoms with van der Waals surface area (Å²) in [7, 11) is 0. The van der Waals surface area contributed by atoms with Gasteiger partial charge in [0.2, 0.25) is 12.4 Å². The highest BCUT2D eigenvalue weighted by Gasteiger charge is 2.49. The highest BCUT2D eigenvalue weighted by Crippen LogP contribution is 2.41. The maximum absolute atomic E-state index is 13.6. The molecule has 33 heavy (non-hydrogen) atoms. The number of aryl methyl sites for hydroxylation is 1. The maximum atomic E-state index is 13.6. The molecule has 2 unspecified atom stereocenters. The van der Waals surface area contributed by atoms with E-state index in [9.17, 15) is 32.9 Å². The average Bonchev–Trinajstić information content (AvgIpc) is 2.70. The van der Waals surface area contributed by atoms with Gasteiger partial charge >= 0.3 is 18.3 Å². The number of esters is 1. The van der Waals surface area contributed by atoms with Crippen molar-refractivity contribution in [1.82, 2.24) is 0 Å². The van der Waals surface area contributed by atoms with E-state index >= 15 is 0 Å². The standard InChI is InChI=1S/C19H19ClF3NO9/c1-9-7-14-12(10(2)15(9)20)8-13(16(33-14)19(21,22)23)17(25)31-11(3)32-18(26)29-5-4-6-30-24(27)28/h7-8,11,16H,4-6H2,1-3H3. The second kappa shape index (κ2) is 10.6. The molecule has 1 aromatic carbocycles. The molecule has 0 spiro atoms. The Morgan fingerprint density at radius 2 is 1.94 bits per heavy atom. The molecule has 0 fully saturated rings. The molecule has 0 saturated carbocycles. The van der Waals surface area contributed by atoms with E-state index < -0.39 is 41.4 Å². The molecule has 2 atom stereocenters. The minimum atomic E-state index is -4.95. The summed E-state index contributed by atoms with van der Waals surface area (Å²) >= 11 is 6.15. The smallest absolute Gasteiger partial charge is 0.475 e. The second-order valence-electron chi connectivity index (χ2n) is 6.78. The molecule has 14 heteroatoms. The molecular weight excluding hydrogens is 479 g/mol. The van der Waals surface area contributed by atoms with Gasteiger partial charge in [0.05, 0.1) is 18.8 Å². The van der Waals surface area contributed by atoms with E-state index in [1.807, 2.05) is 0 Å². The molecule has 0 bridgehead atoms.